The van der Waals surface area contributed by atoms with Crippen molar-refractivity contribution in [3.63, 3.8) is 0 Å². The molecular weight excluding hydrogens is 659 g/mol. The molecule has 1 saturated heterocycles. The first-order valence-corrected chi connectivity index (χ1v) is 18.0. The number of amides is 1. The first-order valence-electron chi connectivity index (χ1n) is 18.0. The Balaban J connectivity index is 1.05. The van der Waals surface area contributed by atoms with Crippen LogP contribution in [0.4, 0.5) is 4.39 Å². The second kappa shape index (κ2) is 13.9. The molecule has 1 saturated carbocycles. The van der Waals surface area contributed by atoms with Crippen LogP contribution in [0.2, 0.25) is 0 Å². The van der Waals surface area contributed by atoms with Crippen LogP contribution in [0.3, 0.4) is 0 Å². The number of para-hydroxylation sites is 2. The van der Waals surface area contributed by atoms with Crippen molar-refractivity contribution in [2.45, 2.75) is 70.2 Å². The second-order valence-corrected chi connectivity index (χ2v) is 14.3. The van der Waals surface area contributed by atoms with Gasteiger partial charge in [0.15, 0.2) is 11.5 Å². The summed E-state index contributed by atoms with van der Waals surface area (Å²) in [5.74, 6) is -0.717. The van der Waals surface area contributed by atoms with E-state index in [1.165, 1.54) is 14.7 Å². The zero-order valence-electron chi connectivity index (χ0n) is 29.2. The number of halogens is 1. The lowest BCUT2D eigenvalue weighted by Crippen LogP contribution is -2.53. The van der Waals surface area contributed by atoms with E-state index in [4.69, 9.17) is 0 Å². The lowest BCUT2D eigenvalue weighted by atomic mass is 9.91. The van der Waals surface area contributed by atoms with Crippen LogP contribution in [0.15, 0.2) is 94.6 Å². The van der Waals surface area contributed by atoms with E-state index in [2.05, 4.69) is 68.6 Å². The Morgan fingerprint density at radius 1 is 0.904 bits per heavy atom. The molecule has 3 N–H and O–H groups in total. The maximum absolute atomic E-state index is 14.6. The topological polar surface area (TPSA) is 130 Å². The lowest BCUT2D eigenvalue weighted by Gasteiger charge is -2.36. The SMILES string of the molecule is C[C@@H]1CN(Cc2ccc(-c3cccc(-n4c(=O)n(C5CCC(NC(=O)c6nc7ccccc7[nH]6)CC5)c(=O)c5cc(F)cnc54)c3)cc2)C[C@H](C)N1. The van der Waals surface area contributed by atoms with Crippen LogP contribution in [-0.2, 0) is 6.54 Å². The van der Waals surface area contributed by atoms with Crippen LogP contribution in [0.5, 0.6) is 0 Å². The third-order valence-electron chi connectivity index (χ3n) is 10.3. The molecule has 2 atom stereocenters. The first-order chi connectivity index (χ1) is 25.2. The van der Waals surface area contributed by atoms with Gasteiger partial charge in [-0.15, -0.1) is 0 Å². The number of nitrogens with one attached hydrogen (secondary N) is 3. The molecule has 0 spiro atoms. The molecule has 1 aliphatic heterocycles. The summed E-state index contributed by atoms with van der Waals surface area (Å²) in [7, 11) is 0. The van der Waals surface area contributed by atoms with Crippen molar-refractivity contribution in [2.24, 2.45) is 0 Å². The van der Waals surface area contributed by atoms with Crippen LogP contribution < -0.4 is 21.9 Å². The number of rotatable bonds is 7. The van der Waals surface area contributed by atoms with Crippen LogP contribution in [0.1, 0.15) is 61.8 Å². The summed E-state index contributed by atoms with van der Waals surface area (Å²) in [5.41, 5.74) is 4.13. The fourth-order valence-corrected chi connectivity index (χ4v) is 7.98. The number of benzene rings is 3. The number of piperazine rings is 1. The number of nitrogens with zero attached hydrogens (tertiary/aromatic N) is 5. The van der Waals surface area contributed by atoms with Crippen molar-refractivity contribution in [1.82, 2.24) is 39.6 Å². The molecule has 8 rings (SSSR count). The third kappa shape index (κ3) is 6.67. The fourth-order valence-electron chi connectivity index (χ4n) is 7.98. The Bertz CT molecular complexity index is 2350. The number of hydrogen-bond acceptors (Lipinski definition) is 7. The van der Waals surface area contributed by atoms with E-state index in [1.807, 2.05) is 42.5 Å². The molecule has 3 aromatic heterocycles. The summed E-state index contributed by atoms with van der Waals surface area (Å²) in [6.07, 6.45) is 3.10. The largest absolute Gasteiger partial charge is 0.347 e. The van der Waals surface area contributed by atoms with E-state index < -0.39 is 23.1 Å². The van der Waals surface area contributed by atoms with Crippen molar-refractivity contribution in [3.8, 4) is 16.8 Å². The van der Waals surface area contributed by atoms with Gasteiger partial charge in [-0.3, -0.25) is 19.1 Å². The summed E-state index contributed by atoms with van der Waals surface area (Å²) in [6.45, 7) is 7.29. The zero-order chi connectivity index (χ0) is 35.9. The molecule has 6 aromatic rings. The molecule has 52 heavy (non-hydrogen) atoms. The number of H-pyrrole nitrogens is 1. The van der Waals surface area contributed by atoms with E-state index in [1.54, 1.807) is 6.07 Å². The van der Waals surface area contributed by atoms with E-state index >= 15 is 0 Å². The maximum atomic E-state index is 14.6. The van der Waals surface area contributed by atoms with Gasteiger partial charge >= 0.3 is 5.69 Å². The Hall–Kier alpha value is -5.46. The molecule has 2 fully saturated rings. The van der Waals surface area contributed by atoms with Gasteiger partial charge in [-0.25, -0.2) is 23.7 Å². The van der Waals surface area contributed by atoms with E-state index in [0.717, 1.165) is 48.5 Å². The Labute approximate surface area is 299 Å². The van der Waals surface area contributed by atoms with Crippen LogP contribution in [0.25, 0.3) is 38.9 Å². The van der Waals surface area contributed by atoms with Crippen LogP contribution in [0, 0.1) is 5.82 Å². The van der Waals surface area contributed by atoms with Gasteiger partial charge in [0, 0.05) is 43.8 Å². The Kier molecular flexibility index (Phi) is 9.02. The van der Waals surface area contributed by atoms with Crippen molar-refractivity contribution in [1.29, 1.82) is 0 Å². The number of carbonyl (C=O) groups is 1. The highest BCUT2D eigenvalue weighted by atomic mass is 19.1. The standard InChI is InChI=1S/C40H41FN8O3/c1-24-21-47(22-25(2)43-24)23-26-10-12-27(13-11-26)28-6-5-7-32(18-28)48-37-33(19-29(41)20-42-37)39(51)49(40(48)52)31-16-14-30(15-17-31)44-38(50)36-45-34-8-3-4-9-35(34)46-36/h3-13,18-20,24-25,30-31,43H,14-17,21-23H2,1-2H3,(H,44,50)(H,45,46)/t24-,25+,30?,31?. The average molecular weight is 701 g/mol. The average Bonchev–Trinajstić information content (AvgIpc) is 3.58. The van der Waals surface area contributed by atoms with Crippen molar-refractivity contribution < 1.29 is 9.18 Å². The molecule has 1 amide bonds. The predicted octanol–water partition coefficient (Wildman–Crippen LogP) is 5.33. The van der Waals surface area contributed by atoms with Gasteiger partial charge in [0.1, 0.15) is 5.82 Å². The van der Waals surface area contributed by atoms with E-state index in [0.29, 0.717) is 49.0 Å². The summed E-state index contributed by atoms with van der Waals surface area (Å²) in [6, 6.07) is 24.9. The van der Waals surface area contributed by atoms with E-state index in [9.17, 15) is 18.8 Å². The van der Waals surface area contributed by atoms with E-state index in [-0.39, 0.29) is 28.8 Å². The molecule has 0 unspecified atom stereocenters. The molecule has 0 radical (unpaired) electrons. The molecule has 0 bridgehead atoms. The van der Waals surface area contributed by atoms with Gasteiger partial charge in [-0.2, -0.15) is 0 Å². The summed E-state index contributed by atoms with van der Waals surface area (Å²) in [5, 5.41) is 6.67. The van der Waals surface area contributed by atoms with Crippen LogP contribution in [-0.4, -0.2) is 66.1 Å². The monoisotopic (exact) mass is 700 g/mol. The molecule has 266 valence electrons. The second-order valence-electron chi connectivity index (χ2n) is 14.3. The fraction of sp³-hybridized carbons (Fsp3) is 0.325. The predicted molar refractivity (Wildman–Crippen MR) is 199 cm³/mol. The van der Waals surface area contributed by atoms with Gasteiger partial charge in [0.2, 0.25) is 0 Å². The number of fused-ring (bicyclic) bond motifs is 2. The van der Waals surface area contributed by atoms with Gasteiger partial charge in [-0.1, -0.05) is 48.5 Å². The molecule has 11 nitrogen and oxygen atoms in total. The Morgan fingerprint density at radius 3 is 2.40 bits per heavy atom. The Morgan fingerprint density at radius 2 is 1.65 bits per heavy atom. The minimum atomic E-state index is -0.656. The normalized spacial score (nSPS) is 21.1. The number of aromatic nitrogens is 5. The summed E-state index contributed by atoms with van der Waals surface area (Å²) >= 11 is 0. The lowest BCUT2D eigenvalue weighted by molar-refractivity contribution is 0.0912. The van der Waals surface area contributed by atoms with Gasteiger partial charge in [-0.05, 0) is 86.6 Å². The number of pyridine rings is 1. The highest BCUT2D eigenvalue weighted by Gasteiger charge is 2.29. The van der Waals surface area contributed by atoms with Crippen molar-refractivity contribution in [2.75, 3.05) is 13.1 Å². The summed E-state index contributed by atoms with van der Waals surface area (Å²) < 4.78 is 17.2. The molecular formula is C40H41FN8O3. The minimum absolute atomic E-state index is 0.0335. The maximum Gasteiger partial charge on any atom is 0.337 e. The number of aromatic amines is 1. The molecule has 3 aromatic carbocycles. The molecule has 4 heterocycles. The summed E-state index contributed by atoms with van der Waals surface area (Å²) in [4.78, 5) is 55.4. The van der Waals surface area contributed by atoms with Crippen molar-refractivity contribution >= 4 is 28.0 Å². The quantitative estimate of drug-likeness (QED) is 0.206. The van der Waals surface area contributed by atoms with Crippen LogP contribution >= 0.6 is 0 Å². The number of imidazole rings is 1. The van der Waals surface area contributed by atoms with Crippen molar-refractivity contribution in [3.05, 3.63) is 123 Å². The first kappa shape index (κ1) is 33.7. The minimum Gasteiger partial charge on any atom is -0.347 e. The molecule has 1 aliphatic carbocycles. The third-order valence-corrected chi connectivity index (χ3v) is 10.3. The highest BCUT2D eigenvalue weighted by Crippen LogP contribution is 2.29. The number of carbonyl (C=O) groups excluding carboxylic acids is 1. The van der Waals surface area contributed by atoms with Gasteiger partial charge in [0.25, 0.3) is 11.5 Å². The molecule has 2 aliphatic rings. The zero-order valence-corrected chi connectivity index (χ0v) is 29.2. The smallest absolute Gasteiger partial charge is 0.337 e. The van der Waals surface area contributed by atoms with Gasteiger partial charge in [0.05, 0.1) is 28.3 Å². The van der Waals surface area contributed by atoms with Gasteiger partial charge < -0.3 is 15.6 Å². The highest BCUT2D eigenvalue weighted by molar-refractivity contribution is 5.94. The molecule has 12 heteroatoms. The number of hydrogen-bond donors (Lipinski definition) is 3.